The average molecular weight is 322 g/mol. The summed E-state index contributed by atoms with van der Waals surface area (Å²) in [6.07, 6.45) is 3.94. The lowest BCUT2D eigenvalue weighted by molar-refractivity contribution is 0.0306. The van der Waals surface area contributed by atoms with Gasteiger partial charge in [0.2, 0.25) is 0 Å². The van der Waals surface area contributed by atoms with E-state index in [1.807, 2.05) is 6.92 Å². The van der Waals surface area contributed by atoms with Crippen LogP contribution in [0, 0.1) is 6.92 Å². The smallest absolute Gasteiger partial charge is 0.100 e. The molecule has 0 spiro atoms. The Labute approximate surface area is 140 Å². The van der Waals surface area contributed by atoms with Crippen LogP contribution >= 0.6 is 0 Å². The maximum atomic E-state index is 13.4. The Balaban J connectivity index is 1.57. The minimum Gasteiger partial charge on any atom is -0.376 e. The Morgan fingerprint density at radius 1 is 1.13 bits per heavy atom. The third-order valence-corrected chi connectivity index (χ3v) is 4.38. The molecule has 130 valence electrons. The second kappa shape index (κ2) is 10.0. The van der Waals surface area contributed by atoms with Crippen molar-refractivity contribution in [3.8, 4) is 0 Å². The maximum Gasteiger partial charge on any atom is 0.100 e. The molecule has 0 aliphatic carbocycles. The molecule has 0 aromatic heterocycles. The lowest BCUT2D eigenvalue weighted by atomic mass is 10.1. The molecule has 23 heavy (non-hydrogen) atoms. The molecular weight excluding hydrogens is 291 g/mol. The number of aryl methyl sites for hydroxylation is 1. The standard InChI is InChI=1S/C19H31FN2O/c1-3-6-17(20)7-4-5-12-23-18-13-21-19(22-14-18)16-10-8-15(2)9-11-16/h8-11,17-19,21-22H,3-7,12-14H2,1-2H3/t17-,18?,19?/m1/s1. The Hall–Kier alpha value is -0.970. The average Bonchev–Trinajstić information content (AvgIpc) is 2.56. The molecule has 0 radical (unpaired) electrons. The summed E-state index contributed by atoms with van der Waals surface area (Å²) in [5, 5.41) is 6.97. The van der Waals surface area contributed by atoms with Gasteiger partial charge in [-0.2, -0.15) is 0 Å². The molecule has 3 nitrogen and oxygen atoms in total. The van der Waals surface area contributed by atoms with Crippen LogP contribution in [-0.4, -0.2) is 32.0 Å². The van der Waals surface area contributed by atoms with Crippen molar-refractivity contribution < 1.29 is 9.13 Å². The fourth-order valence-corrected chi connectivity index (χ4v) is 2.93. The SMILES string of the molecule is CCC[C@@H](F)CCCCOC1CNC(c2ccc(C)cc2)NC1. The topological polar surface area (TPSA) is 33.3 Å². The Morgan fingerprint density at radius 2 is 1.83 bits per heavy atom. The highest BCUT2D eigenvalue weighted by Crippen LogP contribution is 2.15. The van der Waals surface area contributed by atoms with Crippen LogP contribution in [0.1, 0.15) is 56.3 Å². The summed E-state index contributed by atoms with van der Waals surface area (Å²) in [6.45, 7) is 6.56. The van der Waals surface area contributed by atoms with Crippen molar-refractivity contribution in [2.45, 2.75) is 64.4 Å². The number of alkyl halides is 1. The minimum atomic E-state index is -0.631. The van der Waals surface area contributed by atoms with Crippen molar-refractivity contribution in [3.63, 3.8) is 0 Å². The summed E-state index contributed by atoms with van der Waals surface area (Å²) in [5.41, 5.74) is 2.54. The van der Waals surface area contributed by atoms with Crippen LogP contribution in [0.15, 0.2) is 24.3 Å². The first kappa shape index (κ1) is 18.4. The van der Waals surface area contributed by atoms with E-state index in [0.29, 0.717) is 12.8 Å². The molecule has 1 aliphatic rings. The molecule has 0 saturated carbocycles. The maximum absolute atomic E-state index is 13.4. The van der Waals surface area contributed by atoms with E-state index in [1.165, 1.54) is 11.1 Å². The Kier molecular flexibility index (Phi) is 8.00. The summed E-state index contributed by atoms with van der Waals surface area (Å²) >= 11 is 0. The molecule has 1 heterocycles. The van der Waals surface area contributed by atoms with E-state index in [1.54, 1.807) is 0 Å². The number of benzene rings is 1. The van der Waals surface area contributed by atoms with Crippen LogP contribution in [0.3, 0.4) is 0 Å². The molecule has 1 saturated heterocycles. The summed E-state index contributed by atoms with van der Waals surface area (Å²) in [7, 11) is 0. The van der Waals surface area contributed by atoms with Crippen LogP contribution in [0.4, 0.5) is 4.39 Å². The van der Waals surface area contributed by atoms with E-state index >= 15 is 0 Å². The molecule has 1 fully saturated rings. The molecule has 2 N–H and O–H groups in total. The van der Waals surface area contributed by atoms with Crippen LogP contribution in [0.2, 0.25) is 0 Å². The van der Waals surface area contributed by atoms with Gasteiger partial charge in [-0.1, -0.05) is 43.2 Å². The summed E-state index contributed by atoms with van der Waals surface area (Å²) in [6, 6.07) is 8.59. The Morgan fingerprint density at radius 3 is 2.48 bits per heavy atom. The van der Waals surface area contributed by atoms with Gasteiger partial charge in [0.05, 0.1) is 12.3 Å². The van der Waals surface area contributed by atoms with Gasteiger partial charge in [-0.15, -0.1) is 0 Å². The Bertz CT molecular complexity index is 430. The zero-order valence-electron chi connectivity index (χ0n) is 14.5. The summed E-state index contributed by atoms with van der Waals surface area (Å²) in [4.78, 5) is 0. The lowest BCUT2D eigenvalue weighted by Crippen LogP contribution is -2.50. The predicted molar refractivity (Wildman–Crippen MR) is 93.3 cm³/mol. The quantitative estimate of drug-likeness (QED) is 0.677. The summed E-state index contributed by atoms with van der Waals surface area (Å²) < 4.78 is 19.2. The fourth-order valence-electron chi connectivity index (χ4n) is 2.93. The van der Waals surface area contributed by atoms with Gasteiger partial charge in [0.15, 0.2) is 0 Å². The highest BCUT2D eigenvalue weighted by atomic mass is 19.1. The zero-order chi connectivity index (χ0) is 16.5. The van der Waals surface area contributed by atoms with E-state index in [9.17, 15) is 4.39 Å². The zero-order valence-corrected chi connectivity index (χ0v) is 14.5. The molecule has 0 unspecified atom stereocenters. The molecule has 2 rings (SSSR count). The van der Waals surface area contributed by atoms with Gasteiger partial charge in [0.25, 0.3) is 0 Å². The van der Waals surface area contributed by atoms with Crippen molar-refractivity contribution in [1.82, 2.24) is 10.6 Å². The second-order valence-electron chi connectivity index (χ2n) is 6.53. The second-order valence-corrected chi connectivity index (χ2v) is 6.53. The number of nitrogens with one attached hydrogen (secondary N) is 2. The normalized spacial score (nSPS) is 22.9. The van der Waals surface area contributed by atoms with Gasteiger partial charge in [0.1, 0.15) is 6.17 Å². The van der Waals surface area contributed by atoms with Crippen molar-refractivity contribution in [3.05, 3.63) is 35.4 Å². The van der Waals surface area contributed by atoms with E-state index < -0.39 is 6.17 Å². The molecule has 4 heteroatoms. The number of hydrogen-bond donors (Lipinski definition) is 2. The van der Waals surface area contributed by atoms with Gasteiger partial charge in [0, 0.05) is 19.7 Å². The minimum absolute atomic E-state index is 0.202. The van der Waals surface area contributed by atoms with Gasteiger partial charge >= 0.3 is 0 Å². The molecule has 0 amide bonds. The van der Waals surface area contributed by atoms with Gasteiger partial charge < -0.3 is 4.74 Å². The van der Waals surface area contributed by atoms with Crippen molar-refractivity contribution in [1.29, 1.82) is 0 Å². The van der Waals surface area contributed by atoms with E-state index in [-0.39, 0.29) is 12.3 Å². The van der Waals surface area contributed by atoms with Crippen molar-refractivity contribution in [2.75, 3.05) is 19.7 Å². The fraction of sp³-hybridized carbons (Fsp3) is 0.684. The van der Waals surface area contributed by atoms with Crippen molar-refractivity contribution >= 4 is 0 Å². The van der Waals surface area contributed by atoms with Crippen LogP contribution in [0.25, 0.3) is 0 Å². The number of rotatable bonds is 9. The molecule has 1 aromatic carbocycles. The first-order chi connectivity index (χ1) is 11.2. The van der Waals surface area contributed by atoms with Crippen LogP contribution in [0.5, 0.6) is 0 Å². The largest absolute Gasteiger partial charge is 0.376 e. The van der Waals surface area contributed by atoms with E-state index in [4.69, 9.17) is 4.74 Å². The number of halogens is 1. The molecular formula is C19H31FN2O. The van der Waals surface area contributed by atoms with Gasteiger partial charge in [-0.3, -0.25) is 10.6 Å². The third kappa shape index (κ3) is 6.58. The third-order valence-electron chi connectivity index (χ3n) is 4.38. The highest BCUT2D eigenvalue weighted by Gasteiger charge is 2.21. The number of hydrogen-bond acceptors (Lipinski definition) is 3. The van der Waals surface area contributed by atoms with Crippen molar-refractivity contribution in [2.24, 2.45) is 0 Å². The summed E-state index contributed by atoms with van der Waals surface area (Å²) in [5.74, 6) is 0. The molecule has 1 atom stereocenters. The number of ether oxygens (including phenoxy) is 1. The predicted octanol–water partition coefficient (Wildman–Crippen LogP) is 3.88. The highest BCUT2D eigenvalue weighted by molar-refractivity contribution is 5.24. The first-order valence-corrected chi connectivity index (χ1v) is 8.98. The van der Waals surface area contributed by atoms with E-state index in [0.717, 1.165) is 39.0 Å². The van der Waals surface area contributed by atoms with Gasteiger partial charge in [-0.25, -0.2) is 4.39 Å². The van der Waals surface area contributed by atoms with Crippen LogP contribution < -0.4 is 10.6 Å². The first-order valence-electron chi connectivity index (χ1n) is 8.98. The van der Waals surface area contributed by atoms with E-state index in [2.05, 4.69) is 41.8 Å². The molecule has 1 aromatic rings. The molecule has 1 aliphatic heterocycles. The van der Waals surface area contributed by atoms with Crippen LogP contribution in [-0.2, 0) is 4.74 Å². The lowest BCUT2D eigenvalue weighted by Gasteiger charge is -2.31. The number of unbranched alkanes of at least 4 members (excludes halogenated alkanes) is 1. The van der Waals surface area contributed by atoms with Gasteiger partial charge in [-0.05, 0) is 38.2 Å². The monoisotopic (exact) mass is 322 g/mol. The molecule has 0 bridgehead atoms.